The highest BCUT2D eigenvalue weighted by Gasteiger charge is 2.06. The summed E-state index contributed by atoms with van der Waals surface area (Å²) < 4.78 is 0. The highest BCUT2D eigenvalue weighted by atomic mass is 16.2. The molecule has 3 heteroatoms. The lowest BCUT2D eigenvalue weighted by molar-refractivity contribution is 0.0955. The molecule has 0 aliphatic carbocycles. The van der Waals surface area contributed by atoms with Crippen LogP contribution in [0.1, 0.15) is 48.2 Å². The SMILES string of the molecule is CC(=NNC(=O)c1ccc(C(C)C)cc1)c1ccc2ccccc2c1. The van der Waals surface area contributed by atoms with Gasteiger partial charge in [0.05, 0.1) is 5.71 Å². The van der Waals surface area contributed by atoms with E-state index >= 15 is 0 Å². The van der Waals surface area contributed by atoms with E-state index in [-0.39, 0.29) is 5.91 Å². The maximum absolute atomic E-state index is 12.3. The molecule has 3 rings (SSSR count). The van der Waals surface area contributed by atoms with Gasteiger partial charge in [0.2, 0.25) is 0 Å². The van der Waals surface area contributed by atoms with Gasteiger partial charge in [-0.25, -0.2) is 5.43 Å². The molecule has 3 aromatic rings. The lowest BCUT2D eigenvalue weighted by atomic mass is 10.0. The van der Waals surface area contributed by atoms with E-state index in [9.17, 15) is 4.79 Å². The fourth-order valence-electron chi connectivity index (χ4n) is 2.70. The summed E-state index contributed by atoms with van der Waals surface area (Å²) in [6, 6.07) is 22.0. The van der Waals surface area contributed by atoms with Crippen molar-refractivity contribution in [3.05, 3.63) is 83.4 Å². The second-order valence-electron chi connectivity index (χ2n) is 6.48. The number of hydrogen-bond donors (Lipinski definition) is 1. The van der Waals surface area contributed by atoms with Crippen LogP contribution >= 0.6 is 0 Å². The van der Waals surface area contributed by atoms with E-state index in [0.717, 1.165) is 16.7 Å². The first-order valence-corrected chi connectivity index (χ1v) is 8.48. The topological polar surface area (TPSA) is 41.5 Å². The van der Waals surface area contributed by atoms with Gasteiger partial charge >= 0.3 is 0 Å². The number of nitrogens with one attached hydrogen (secondary N) is 1. The molecule has 0 saturated carbocycles. The molecule has 3 nitrogen and oxygen atoms in total. The first kappa shape index (κ1) is 16.9. The number of nitrogens with zero attached hydrogens (tertiary/aromatic N) is 1. The molecule has 0 aromatic heterocycles. The molecule has 0 spiro atoms. The van der Waals surface area contributed by atoms with Crippen LogP contribution in [0.25, 0.3) is 10.8 Å². The summed E-state index contributed by atoms with van der Waals surface area (Å²) in [6.07, 6.45) is 0. The minimum atomic E-state index is -0.199. The Kier molecular flexibility index (Phi) is 4.94. The second kappa shape index (κ2) is 7.31. The number of benzene rings is 3. The molecule has 0 heterocycles. The summed E-state index contributed by atoms with van der Waals surface area (Å²) in [6.45, 7) is 6.16. The first-order valence-electron chi connectivity index (χ1n) is 8.48. The molecule has 0 aliphatic rings. The van der Waals surface area contributed by atoms with Crippen molar-refractivity contribution in [2.75, 3.05) is 0 Å². The third-order valence-electron chi connectivity index (χ3n) is 4.33. The fraction of sp³-hybridized carbons (Fsp3) is 0.182. The molecular formula is C22H22N2O. The molecule has 25 heavy (non-hydrogen) atoms. The maximum Gasteiger partial charge on any atom is 0.271 e. The molecule has 0 unspecified atom stereocenters. The van der Waals surface area contributed by atoms with Crippen LogP contribution in [0, 0.1) is 0 Å². The van der Waals surface area contributed by atoms with E-state index in [0.29, 0.717) is 11.5 Å². The van der Waals surface area contributed by atoms with Gasteiger partial charge in [-0.2, -0.15) is 5.10 Å². The van der Waals surface area contributed by atoms with Gasteiger partial charge in [0, 0.05) is 5.56 Å². The van der Waals surface area contributed by atoms with Gasteiger partial charge in [0.15, 0.2) is 0 Å². The van der Waals surface area contributed by atoms with Crippen LogP contribution in [0.15, 0.2) is 71.8 Å². The monoisotopic (exact) mass is 330 g/mol. The number of hydrogen-bond acceptors (Lipinski definition) is 2. The van der Waals surface area contributed by atoms with Gasteiger partial charge in [-0.3, -0.25) is 4.79 Å². The van der Waals surface area contributed by atoms with Crippen LogP contribution < -0.4 is 5.43 Å². The number of carbonyl (C=O) groups is 1. The Labute approximate surface area is 148 Å². The molecular weight excluding hydrogens is 308 g/mol. The van der Waals surface area contributed by atoms with Gasteiger partial charge < -0.3 is 0 Å². The van der Waals surface area contributed by atoms with Crippen molar-refractivity contribution < 1.29 is 4.79 Å². The predicted molar refractivity (Wildman–Crippen MR) is 104 cm³/mol. The molecule has 0 radical (unpaired) electrons. The predicted octanol–water partition coefficient (Wildman–Crippen LogP) is 5.12. The van der Waals surface area contributed by atoms with Crippen molar-refractivity contribution in [3.63, 3.8) is 0 Å². The Morgan fingerprint density at radius 3 is 2.20 bits per heavy atom. The van der Waals surface area contributed by atoms with Crippen molar-refractivity contribution in [1.82, 2.24) is 5.43 Å². The third kappa shape index (κ3) is 3.94. The van der Waals surface area contributed by atoms with Crippen molar-refractivity contribution >= 4 is 22.4 Å². The average Bonchev–Trinajstić information content (AvgIpc) is 2.65. The van der Waals surface area contributed by atoms with Gasteiger partial charge in [-0.05, 0) is 52.9 Å². The number of hydrazone groups is 1. The second-order valence-corrected chi connectivity index (χ2v) is 6.48. The van der Waals surface area contributed by atoms with Crippen LogP contribution in [0.4, 0.5) is 0 Å². The Morgan fingerprint density at radius 2 is 1.52 bits per heavy atom. The summed E-state index contributed by atoms with van der Waals surface area (Å²) in [4.78, 5) is 12.3. The summed E-state index contributed by atoms with van der Waals surface area (Å²) in [7, 11) is 0. The van der Waals surface area contributed by atoms with Crippen LogP contribution in [-0.2, 0) is 0 Å². The molecule has 0 saturated heterocycles. The zero-order valence-electron chi connectivity index (χ0n) is 14.8. The first-order chi connectivity index (χ1) is 12.0. The molecule has 1 N–H and O–H groups in total. The lowest BCUT2D eigenvalue weighted by Gasteiger charge is -2.07. The molecule has 126 valence electrons. The molecule has 0 aliphatic heterocycles. The van der Waals surface area contributed by atoms with Crippen molar-refractivity contribution in [2.45, 2.75) is 26.7 Å². The van der Waals surface area contributed by atoms with E-state index in [1.807, 2.05) is 49.4 Å². The van der Waals surface area contributed by atoms with Gasteiger partial charge in [0.25, 0.3) is 5.91 Å². The van der Waals surface area contributed by atoms with E-state index in [1.54, 1.807) is 0 Å². The Morgan fingerprint density at radius 1 is 0.880 bits per heavy atom. The van der Waals surface area contributed by atoms with Crippen LogP contribution in [0.2, 0.25) is 0 Å². The zero-order valence-corrected chi connectivity index (χ0v) is 14.8. The quantitative estimate of drug-likeness (QED) is 0.524. The summed E-state index contributed by atoms with van der Waals surface area (Å²) in [5.74, 6) is 0.251. The summed E-state index contributed by atoms with van der Waals surface area (Å²) in [5.41, 5.74) is 6.24. The molecule has 0 atom stereocenters. The smallest absolute Gasteiger partial charge is 0.267 e. The van der Waals surface area contributed by atoms with Crippen molar-refractivity contribution in [1.29, 1.82) is 0 Å². The van der Waals surface area contributed by atoms with Crippen molar-refractivity contribution in [3.8, 4) is 0 Å². The normalized spacial score (nSPS) is 11.8. The Hall–Kier alpha value is -2.94. The van der Waals surface area contributed by atoms with E-state index in [1.165, 1.54) is 10.9 Å². The summed E-state index contributed by atoms with van der Waals surface area (Å²) in [5, 5.41) is 6.60. The summed E-state index contributed by atoms with van der Waals surface area (Å²) >= 11 is 0. The van der Waals surface area contributed by atoms with Gasteiger partial charge in [0.1, 0.15) is 0 Å². The minimum absolute atomic E-state index is 0.199. The van der Waals surface area contributed by atoms with Crippen LogP contribution in [0.3, 0.4) is 0 Å². The van der Waals surface area contributed by atoms with Crippen molar-refractivity contribution in [2.24, 2.45) is 5.10 Å². The number of fused-ring (bicyclic) bond motifs is 1. The molecule has 0 fully saturated rings. The molecule has 0 bridgehead atoms. The van der Waals surface area contributed by atoms with Gasteiger partial charge in [-0.15, -0.1) is 0 Å². The average molecular weight is 330 g/mol. The fourth-order valence-corrected chi connectivity index (χ4v) is 2.70. The maximum atomic E-state index is 12.3. The van der Waals surface area contributed by atoms with Gasteiger partial charge in [-0.1, -0.05) is 62.4 Å². The zero-order chi connectivity index (χ0) is 17.8. The van der Waals surface area contributed by atoms with E-state index in [4.69, 9.17) is 0 Å². The molecule has 3 aromatic carbocycles. The highest BCUT2D eigenvalue weighted by Crippen LogP contribution is 2.16. The van der Waals surface area contributed by atoms with Crippen LogP contribution in [0.5, 0.6) is 0 Å². The Balaban J connectivity index is 1.74. The minimum Gasteiger partial charge on any atom is -0.267 e. The Bertz CT molecular complexity index is 924. The van der Waals surface area contributed by atoms with E-state index < -0.39 is 0 Å². The number of carbonyl (C=O) groups excluding carboxylic acids is 1. The number of rotatable bonds is 4. The van der Waals surface area contributed by atoms with Crippen LogP contribution in [-0.4, -0.2) is 11.6 Å². The third-order valence-corrected chi connectivity index (χ3v) is 4.33. The lowest BCUT2D eigenvalue weighted by Crippen LogP contribution is -2.19. The highest BCUT2D eigenvalue weighted by molar-refractivity contribution is 6.03. The largest absolute Gasteiger partial charge is 0.271 e. The van der Waals surface area contributed by atoms with E-state index in [2.05, 4.69) is 48.6 Å². The number of amides is 1. The molecule has 1 amide bonds. The standard InChI is InChI=1S/C22H22N2O/c1-15(2)17-8-11-19(12-9-17)22(25)24-23-16(3)20-13-10-18-6-4-5-7-21(18)14-20/h4-15H,1-3H3,(H,24,25).